The Balaban J connectivity index is 3.65. The van der Waals surface area contributed by atoms with Gasteiger partial charge >= 0.3 is 0 Å². The second-order valence-corrected chi connectivity index (χ2v) is 3.86. The molecular weight excluding hydrogens is 150 g/mol. The van der Waals surface area contributed by atoms with Gasteiger partial charge in [0.05, 0.1) is 5.60 Å². The van der Waals surface area contributed by atoms with E-state index in [2.05, 4.69) is 33.0 Å². The Morgan fingerprint density at radius 2 is 1.75 bits per heavy atom. The van der Waals surface area contributed by atoms with Crippen LogP contribution in [0.4, 0.5) is 0 Å². The average molecular weight is 173 g/mol. The fraction of sp³-hybridized carbons (Fsp3) is 1.00. The van der Waals surface area contributed by atoms with Crippen molar-refractivity contribution in [3.8, 4) is 0 Å². The highest BCUT2D eigenvalue weighted by Gasteiger charge is 2.16. The summed E-state index contributed by atoms with van der Waals surface area (Å²) in [6, 6.07) is 0.638. The zero-order chi connectivity index (χ0) is 9.61. The highest BCUT2D eigenvalue weighted by Crippen LogP contribution is 2.06. The molecule has 74 valence electrons. The second kappa shape index (κ2) is 5.55. The van der Waals surface area contributed by atoms with Gasteiger partial charge in [-0.05, 0) is 26.7 Å². The molecule has 1 N–H and O–H groups in total. The van der Waals surface area contributed by atoms with E-state index >= 15 is 0 Å². The predicted molar refractivity (Wildman–Crippen MR) is 53.5 cm³/mol. The summed E-state index contributed by atoms with van der Waals surface area (Å²) in [7, 11) is 1.76. The minimum Gasteiger partial charge on any atom is -0.377 e. The van der Waals surface area contributed by atoms with Gasteiger partial charge in [0, 0.05) is 19.7 Å². The van der Waals surface area contributed by atoms with E-state index in [1.165, 1.54) is 12.8 Å². The molecular formula is C10H23NO. The van der Waals surface area contributed by atoms with Gasteiger partial charge in [-0.3, -0.25) is 0 Å². The molecule has 0 rings (SSSR count). The minimum atomic E-state index is -0.0391. The SMILES string of the molecule is CCC(CC)NCC(C)(C)OC. The van der Waals surface area contributed by atoms with Crippen molar-refractivity contribution in [2.45, 2.75) is 52.2 Å². The molecule has 0 saturated carbocycles. The van der Waals surface area contributed by atoms with Crippen LogP contribution in [0.3, 0.4) is 0 Å². The first-order valence-electron chi connectivity index (χ1n) is 4.84. The van der Waals surface area contributed by atoms with Crippen LogP contribution in [-0.2, 0) is 4.74 Å². The molecule has 2 nitrogen and oxygen atoms in total. The van der Waals surface area contributed by atoms with Crippen LogP contribution in [0.1, 0.15) is 40.5 Å². The molecule has 12 heavy (non-hydrogen) atoms. The van der Waals surface area contributed by atoms with Gasteiger partial charge in [-0.2, -0.15) is 0 Å². The second-order valence-electron chi connectivity index (χ2n) is 3.86. The number of nitrogens with one attached hydrogen (secondary N) is 1. The van der Waals surface area contributed by atoms with Crippen LogP contribution in [0.5, 0.6) is 0 Å². The summed E-state index contributed by atoms with van der Waals surface area (Å²) < 4.78 is 5.31. The molecule has 0 aromatic carbocycles. The number of hydrogen-bond donors (Lipinski definition) is 1. The molecule has 0 aromatic rings. The zero-order valence-corrected chi connectivity index (χ0v) is 9.11. The lowest BCUT2D eigenvalue weighted by atomic mass is 10.1. The average Bonchev–Trinajstić information content (AvgIpc) is 2.06. The van der Waals surface area contributed by atoms with Gasteiger partial charge in [-0.1, -0.05) is 13.8 Å². The Morgan fingerprint density at radius 1 is 1.25 bits per heavy atom. The van der Waals surface area contributed by atoms with Gasteiger partial charge in [0.1, 0.15) is 0 Å². The van der Waals surface area contributed by atoms with Gasteiger partial charge in [0.25, 0.3) is 0 Å². The Bertz CT molecular complexity index is 108. The zero-order valence-electron chi connectivity index (χ0n) is 9.11. The lowest BCUT2D eigenvalue weighted by Crippen LogP contribution is -2.41. The first kappa shape index (κ1) is 11.9. The van der Waals surface area contributed by atoms with Crippen molar-refractivity contribution in [1.82, 2.24) is 5.32 Å². The van der Waals surface area contributed by atoms with Crippen LogP contribution in [-0.4, -0.2) is 25.3 Å². The highest BCUT2D eigenvalue weighted by molar-refractivity contribution is 4.74. The van der Waals surface area contributed by atoms with Gasteiger partial charge in [-0.15, -0.1) is 0 Å². The van der Waals surface area contributed by atoms with Crippen LogP contribution in [0.15, 0.2) is 0 Å². The third-order valence-electron chi connectivity index (χ3n) is 2.35. The van der Waals surface area contributed by atoms with Crippen molar-refractivity contribution in [1.29, 1.82) is 0 Å². The molecule has 0 heterocycles. The van der Waals surface area contributed by atoms with Crippen LogP contribution in [0.25, 0.3) is 0 Å². The number of ether oxygens (including phenoxy) is 1. The van der Waals surface area contributed by atoms with E-state index in [0.29, 0.717) is 6.04 Å². The molecule has 0 aliphatic rings. The maximum atomic E-state index is 5.31. The van der Waals surface area contributed by atoms with Crippen molar-refractivity contribution in [3.63, 3.8) is 0 Å². The standard InChI is InChI=1S/C10H23NO/c1-6-9(7-2)11-8-10(3,4)12-5/h9,11H,6-8H2,1-5H3. The van der Waals surface area contributed by atoms with E-state index < -0.39 is 0 Å². The quantitative estimate of drug-likeness (QED) is 0.665. The lowest BCUT2D eigenvalue weighted by molar-refractivity contribution is 0.0208. The third-order valence-corrected chi connectivity index (χ3v) is 2.35. The Morgan fingerprint density at radius 3 is 2.08 bits per heavy atom. The molecule has 0 unspecified atom stereocenters. The topological polar surface area (TPSA) is 21.3 Å². The Kier molecular flexibility index (Phi) is 5.51. The monoisotopic (exact) mass is 173 g/mol. The van der Waals surface area contributed by atoms with Gasteiger partial charge in [-0.25, -0.2) is 0 Å². The molecule has 0 spiro atoms. The maximum absolute atomic E-state index is 5.31. The summed E-state index contributed by atoms with van der Waals surface area (Å²) in [6.45, 7) is 9.54. The van der Waals surface area contributed by atoms with Crippen LogP contribution >= 0.6 is 0 Å². The summed E-state index contributed by atoms with van der Waals surface area (Å²) in [4.78, 5) is 0. The molecule has 0 fully saturated rings. The Hall–Kier alpha value is -0.0800. The molecule has 0 bridgehead atoms. The van der Waals surface area contributed by atoms with Crippen molar-refractivity contribution in [3.05, 3.63) is 0 Å². The molecule has 2 heteroatoms. The first-order valence-corrected chi connectivity index (χ1v) is 4.84. The van der Waals surface area contributed by atoms with Crippen molar-refractivity contribution < 1.29 is 4.74 Å². The van der Waals surface area contributed by atoms with E-state index in [9.17, 15) is 0 Å². The van der Waals surface area contributed by atoms with Crippen molar-refractivity contribution in [2.75, 3.05) is 13.7 Å². The fourth-order valence-corrected chi connectivity index (χ4v) is 1.04. The fourth-order valence-electron chi connectivity index (χ4n) is 1.04. The largest absolute Gasteiger partial charge is 0.377 e. The Labute approximate surface area is 76.7 Å². The number of hydrogen-bond acceptors (Lipinski definition) is 2. The van der Waals surface area contributed by atoms with Crippen molar-refractivity contribution >= 4 is 0 Å². The lowest BCUT2D eigenvalue weighted by Gasteiger charge is -2.26. The molecule has 0 amide bonds. The van der Waals surface area contributed by atoms with E-state index in [4.69, 9.17) is 4.74 Å². The van der Waals surface area contributed by atoms with E-state index in [1.807, 2.05) is 0 Å². The molecule has 0 radical (unpaired) electrons. The molecule has 0 aliphatic heterocycles. The molecule has 0 atom stereocenters. The summed E-state index contributed by atoms with van der Waals surface area (Å²) in [5.74, 6) is 0. The van der Waals surface area contributed by atoms with Crippen LogP contribution in [0, 0.1) is 0 Å². The minimum absolute atomic E-state index is 0.0391. The number of methoxy groups -OCH3 is 1. The normalized spacial score (nSPS) is 12.5. The van der Waals surface area contributed by atoms with Gasteiger partial charge in [0.15, 0.2) is 0 Å². The smallest absolute Gasteiger partial charge is 0.0746 e. The predicted octanol–water partition coefficient (Wildman–Crippen LogP) is 2.19. The van der Waals surface area contributed by atoms with Crippen molar-refractivity contribution in [2.24, 2.45) is 0 Å². The highest BCUT2D eigenvalue weighted by atomic mass is 16.5. The molecule has 0 saturated heterocycles. The van der Waals surface area contributed by atoms with Gasteiger partial charge < -0.3 is 10.1 Å². The summed E-state index contributed by atoms with van der Waals surface area (Å²) in [5, 5.41) is 3.49. The van der Waals surface area contributed by atoms with Crippen LogP contribution < -0.4 is 5.32 Å². The number of rotatable bonds is 6. The summed E-state index contributed by atoms with van der Waals surface area (Å²) >= 11 is 0. The summed E-state index contributed by atoms with van der Waals surface area (Å²) in [5.41, 5.74) is -0.0391. The van der Waals surface area contributed by atoms with E-state index in [1.54, 1.807) is 7.11 Å². The molecule has 0 aliphatic carbocycles. The van der Waals surface area contributed by atoms with Crippen LogP contribution in [0.2, 0.25) is 0 Å². The van der Waals surface area contributed by atoms with E-state index in [-0.39, 0.29) is 5.60 Å². The van der Waals surface area contributed by atoms with E-state index in [0.717, 1.165) is 6.54 Å². The van der Waals surface area contributed by atoms with Gasteiger partial charge in [0.2, 0.25) is 0 Å². The third kappa shape index (κ3) is 4.73. The summed E-state index contributed by atoms with van der Waals surface area (Å²) in [6.07, 6.45) is 2.38. The maximum Gasteiger partial charge on any atom is 0.0746 e. The molecule has 0 aromatic heterocycles. The first-order chi connectivity index (χ1) is 5.55.